The number of halogens is 1. The fraction of sp³-hybridized carbons (Fsp3) is 0.348. The molecule has 0 saturated carbocycles. The highest BCUT2D eigenvalue weighted by Crippen LogP contribution is 2.40. The van der Waals surface area contributed by atoms with Crippen molar-refractivity contribution >= 4 is 38.4 Å². The number of nitrogens with zero attached hydrogens (tertiary/aromatic N) is 4. The smallest absolute Gasteiger partial charge is 0.302 e. The van der Waals surface area contributed by atoms with Gasteiger partial charge in [0.25, 0.3) is 0 Å². The minimum atomic E-state index is -0.567. The number of para-hydroxylation sites is 2. The van der Waals surface area contributed by atoms with Gasteiger partial charge in [-0.15, -0.1) is 10.2 Å². The van der Waals surface area contributed by atoms with Gasteiger partial charge in [0.2, 0.25) is 5.88 Å². The largest absolute Gasteiger partial charge is 0.493 e. The number of methoxy groups -OCH3 is 1. The number of benzene rings is 2. The molecule has 3 aromatic rings. The van der Waals surface area contributed by atoms with Gasteiger partial charge in [0.15, 0.2) is 23.8 Å². The van der Waals surface area contributed by atoms with Crippen molar-refractivity contribution < 1.29 is 19.4 Å². The number of aromatic nitrogens is 1. The lowest BCUT2D eigenvalue weighted by atomic mass is 10.1. The van der Waals surface area contributed by atoms with E-state index in [9.17, 15) is 9.90 Å². The van der Waals surface area contributed by atoms with Crippen molar-refractivity contribution in [2.45, 2.75) is 25.9 Å². The van der Waals surface area contributed by atoms with Crippen LogP contribution in [0.1, 0.15) is 19.3 Å². The summed E-state index contributed by atoms with van der Waals surface area (Å²) in [4.78, 5) is 14.6. The third-order valence-electron chi connectivity index (χ3n) is 5.44. The number of ether oxygens (including phenoxy) is 2. The van der Waals surface area contributed by atoms with Crippen molar-refractivity contribution in [2.24, 2.45) is 10.2 Å². The molecule has 1 aromatic heterocycles. The van der Waals surface area contributed by atoms with Crippen LogP contribution in [0.15, 0.2) is 57.2 Å². The maximum absolute atomic E-state index is 12.3. The molecular formula is C23H25BrN4O4. The number of hydrogen-bond donors (Lipinski definition) is 1. The molecule has 1 fully saturated rings. The first-order chi connectivity index (χ1) is 15.6. The van der Waals surface area contributed by atoms with Gasteiger partial charge < -0.3 is 14.6 Å². The minimum Gasteiger partial charge on any atom is -0.493 e. The van der Waals surface area contributed by atoms with Crippen molar-refractivity contribution in [3.63, 3.8) is 0 Å². The average molecular weight is 501 g/mol. The maximum Gasteiger partial charge on any atom is 0.302 e. The first-order valence-corrected chi connectivity index (χ1v) is 11.3. The molecule has 0 bridgehead atoms. The summed E-state index contributed by atoms with van der Waals surface area (Å²) in [7, 11) is 1.53. The summed E-state index contributed by atoms with van der Waals surface area (Å²) in [5.41, 5.74) is 1.10. The van der Waals surface area contributed by atoms with Crippen LogP contribution in [0.25, 0.3) is 10.9 Å². The van der Waals surface area contributed by atoms with Crippen LogP contribution in [0.4, 0.5) is 5.69 Å². The zero-order chi connectivity index (χ0) is 22.5. The van der Waals surface area contributed by atoms with Gasteiger partial charge in [0, 0.05) is 9.86 Å². The Morgan fingerprint density at radius 2 is 1.88 bits per heavy atom. The number of fused-ring (bicyclic) bond motifs is 1. The van der Waals surface area contributed by atoms with E-state index in [1.165, 1.54) is 13.5 Å². The Morgan fingerprint density at radius 3 is 2.62 bits per heavy atom. The first-order valence-electron chi connectivity index (χ1n) is 10.5. The molecule has 1 aliphatic heterocycles. The van der Waals surface area contributed by atoms with E-state index in [1.807, 2.05) is 28.8 Å². The Bertz CT molecular complexity index is 1140. The average Bonchev–Trinajstić information content (AvgIpc) is 3.07. The molecule has 0 aliphatic carbocycles. The third kappa shape index (κ3) is 4.94. The van der Waals surface area contributed by atoms with Crippen LogP contribution in [0.5, 0.6) is 17.4 Å². The molecule has 1 N–H and O–H groups in total. The molecule has 0 unspecified atom stereocenters. The molecule has 1 amide bonds. The van der Waals surface area contributed by atoms with Crippen LogP contribution in [0, 0.1) is 0 Å². The second-order valence-corrected chi connectivity index (χ2v) is 8.53. The maximum atomic E-state index is 12.3. The minimum absolute atomic E-state index is 0.00845. The molecule has 0 atom stereocenters. The van der Waals surface area contributed by atoms with Crippen molar-refractivity contribution in [3.05, 3.63) is 46.9 Å². The molecular weight excluding hydrogens is 476 g/mol. The number of likely N-dealkylation sites (tertiary alicyclic amines) is 1. The number of rotatable bonds is 7. The van der Waals surface area contributed by atoms with Gasteiger partial charge in [0.05, 0.1) is 19.3 Å². The van der Waals surface area contributed by atoms with E-state index in [0.29, 0.717) is 18.2 Å². The van der Waals surface area contributed by atoms with E-state index >= 15 is 0 Å². The number of carbonyl (C=O) groups is 1. The zero-order valence-electron chi connectivity index (χ0n) is 17.8. The molecule has 8 nitrogen and oxygen atoms in total. The van der Waals surface area contributed by atoms with Crippen LogP contribution in [-0.4, -0.2) is 47.3 Å². The summed E-state index contributed by atoms with van der Waals surface area (Å²) in [5.74, 6) is 0.400. The predicted octanol–water partition coefficient (Wildman–Crippen LogP) is 5.25. The lowest BCUT2D eigenvalue weighted by Gasteiger charge is -2.27. The van der Waals surface area contributed by atoms with Crippen LogP contribution in [0.3, 0.4) is 0 Å². The zero-order valence-corrected chi connectivity index (χ0v) is 19.4. The Balaban J connectivity index is 1.55. The number of aromatic hydroxyl groups is 1. The molecule has 1 saturated heterocycles. The molecule has 32 heavy (non-hydrogen) atoms. The van der Waals surface area contributed by atoms with Gasteiger partial charge >= 0.3 is 5.91 Å². The number of amides is 1. The van der Waals surface area contributed by atoms with E-state index in [2.05, 4.69) is 31.1 Å². The number of carbonyl (C=O) groups excluding carboxylic acids is 1. The van der Waals surface area contributed by atoms with Crippen LogP contribution >= 0.6 is 15.9 Å². The Labute approximate surface area is 194 Å². The predicted molar refractivity (Wildman–Crippen MR) is 125 cm³/mol. The SMILES string of the molecule is COc1ccccc1OCC(=O)N=Nc1c(O)n(CN2CCCCC2)c2ccc(Br)cc12. The number of azo groups is 1. The fourth-order valence-corrected chi connectivity index (χ4v) is 4.21. The summed E-state index contributed by atoms with van der Waals surface area (Å²) < 4.78 is 13.4. The molecule has 0 radical (unpaired) electrons. The van der Waals surface area contributed by atoms with E-state index in [4.69, 9.17) is 9.47 Å². The van der Waals surface area contributed by atoms with Gasteiger partial charge in [-0.05, 0) is 56.3 Å². The van der Waals surface area contributed by atoms with Crippen molar-refractivity contribution in [1.82, 2.24) is 9.47 Å². The molecule has 1 aliphatic rings. The number of hydrogen-bond acceptors (Lipinski definition) is 6. The van der Waals surface area contributed by atoms with E-state index in [1.54, 1.807) is 18.2 Å². The topological polar surface area (TPSA) is 88.6 Å². The summed E-state index contributed by atoms with van der Waals surface area (Å²) in [6.07, 6.45) is 3.54. The summed E-state index contributed by atoms with van der Waals surface area (Å²) in [5, 5.41) is 19.5. The Hall–Kier alpha value is -2.91. The van der Waals surface area contributed by atoms with Gasteiger partial charge in [-0.25, -0.2) is 0 Å². The van der Waals surface area contributed by atoms with Gasteiger partial charge in [-0.2, -0.15) is 0 Å². The highest BCUT2D eigenvalue weighted by molar-refractivity contribution is 9.10. The second kappa shape index (κ2) is 10.1. The van der Waals surface area contributed by atoms with E-state index in [0.717, 1.165) is 41.3 Å². The van der Waals surface area contributed by atoms with Crippen LogP contribution in [-0.2, 0) is 11.5 Å². The van der Waals surface area contributed by atoms with E-state index in [-0.39, 0.29) is 18.2 Å². The standard InChI is InChI=1S/C23H25BrN4O4/c1-31-19-7-3-4-8-20(19)32-14-21(29)25-26-22-17-13-16(24)9-10-18(17)28(23(22)30)15-27-11-5-2-6-12-27/h3-4,7-10,13,30H,2,5-6,11-12,14-15H2,1H3. The highest BCUT2D eigenvalue weighted by Gasteiger charge is 2.20. The third-order valence-corrected chi connectivity index (χ3v) is 5.94. The van der Waals surface area contributed by atoms with Crippen molar-refractivity contribution in [2.75, 3.05) is 26.8 Å². The molecule has 9 heteroatoms. The lowest BCUT2D eigenvalue weighted by Crippen LogP contribution is -2.31. The quantitative estimate of drug-likeness (QED) is 0.447. The normalized spacial score (nSPS) is 14.8. The molecule has 2 aromatic carbocycles. The van der Waals surface area contributed by atoms with Crippen LogP contribution in [0.2, 0.25) is 0 Å². The Kier molecular flexibility index (Phi) is 7.06. The molecule has 0 spiro atoms. The fourth-order valence-electron chi connectivity index (χ4n) is 3.85. The first kappa shape index (κ1) is 22.3. The second-order valence-electron chi connectivity index (χ2n) is 7.62. The molecule has 4 rings (SSSR count). The summed E-state index contributed by atoms with van der Waals surface area (Å²) in [6.45, 7) is 2.25. The lowest BCUT2D eigenvalue weighted by molar-refractivity contribution is -0.120. The van der Waals surface area contributed by atoms with Gasteiger partial charge in [-0.3, -0.25) is 14.3 Å². The molecule has 2 heterocycles. The van der Waals surface area contributed by atoms with E-state index < -0.39 is 5.91 Å². The van der Waals surface area contributed by atoms with Crippen molar-refractivity contribution in [3.8, 4) is 17.4 Å². The van der Waals surface area contributed by atoms with Gasteiger partial charge in [-0.1, -0.05) is 34.5 Å². The molecule has 168 valence electrons. The Morgan fingerprint density at radius 1 is 1.12 bits per heavy atom. The summed E-state index contributed by atoms with van der Waals surface area (Å²) >= 11 is 3.47. The van der Waals surface area contributed by atoms with Crippen molar-refractivity contribution in [1.29, 1.82) is 0 Å². The highest BCUT2D eigenvalue weighted by atomic mass is 79.9. The van der Waals surface area contributed by atoms with Gasteiger partial charge in [0.1, 0.15) is 0 Å². The number of piperidine rings is 1. The monoisotopic (exact) mass is 500 g/mol. The summed E-state index contributed by atoms with van der Waals surface area (Å²) in [6, 6.07) is 12.8. The van der Waals surface area contributed by atoms with Crippen LogP contribution < -0.4 is 9.47 Å².